The van der Waals surface area contributed by atoms with E-state index in [4.69, 9.17) is 19.7 Å². The smallest absolute Gasteiger partial charge is 0.261 e. The summed E-state index contributed by atoms with van der Waals surface area (Å²) in [5.74, 6) is 2.33. The van der Waals surface area contributed by atoms with Crippen molar-refractivity contribution in [3.8, 4) is 23.0 Å². The van der Waals surface area contributed by atoms with Gasteiger partial charge in [-0.05, 0) is 18.7 Å². The highest BCUT2D eigenvalue weighted by Gasteiger charge is 2.14. The Kier molecular flexibility index (Phi) is 3.78. The average molecular weight is 249 g/mol. The molecule has 6 heteroatoms. The van der Waals surface area contributed by atoms with Crippen LogP contribution in [0.5, 0.6) is 11.5 Å². The van der Waals surface area contributed by atoms with Crippen LogP contribution >= 0.6 is 0 Å². The topological polar surface area (TPSA) is 83.4 Å². The number of nitrogens with zero attached hydrogens (tertiary/aromatic N) is 2. The van der Waals surface area contributed by atoms with Crippen molar-refractivity contribution in [3.05, 3.63) is 24.0 Å². The zero-order valence-electron chi connectivity index (χ0n) is 10.3. The molecule has 0 fully saturated rings. The lowest BCUT2D eigenvalue weighted by atomic mass is 10.2. The second-order valence-corrected chi connectivity index (χ2v) is 3.62. The van der Waals surface area contributed by atoms with E-state index in [2.05, 4.69) is 10.1 Å². The molecule has 0 saturated heterocycles. The lowest BCUT2D eigenvalue weighted by Gasteiger charge is -2.06. The lowest BCUT2D eigenvalue weighted by molar-refractivity contribution is 0.390. The Balaban J connectivity index is 2.36. The van der Waals surface area contributed by atoms with Crippen LogP contribution in [0, 0.1) is 0 Å². The molecule has 0 bridgehead atoms. The first-order valence-electron chi connectivity index (χ1n) is 5.53. The Morgan fingerprint density at radius 3 is 2.78 bits per heavy atom. The number of methoxy groups -OCH3 is 2. The zero-order chi connectivity index (χ0) is 13.0. The Hall–Kier alpha value is -2.08. The van der Waals surface area contributed by atoms with E-state index in [-0.39, 0.29) is 0 Å². The van der Waals surface area contributed by atoms with Gasteiger partial charge in [0.25, 0.3) is 5.89 Å². The predicted molar refractivity (Wildman–Crippen MR) is 65.6 cm³/mol. The standard InChI is InChI=1S/C12H15N3O3/c1-16-8-3-4-9(10(7-8)17-2)12-14-11(5-6-13)15-18-12/h3-4,7H,5-6,13H2,1-2H3. The molecule has 2 N–H and O–H groups in total. The van der Waals surface area contributed by atoms with Crippen molar-refractivity contribution in [2.24, 2.45) is 5.73 Å². The maximum Gasteiger partial charge on any atom is 0.261 e. The van der Waals surface area contributed by atoms with Crippen molar-refractivity contribution in [1.82, 2.24) is 10.1 Å². The second-order valence-electron chi connectivity index (χ2n) is 3.62. The normalized spacial score (nSPS) is 10.4. The Morgan fingerprint density at radius 1 is 1.28 bits per heavy atom. The molecule has 0 saturated carbocycles. The van der Waals surface area contributed by atoms with E-state index in [1.54, 1.807) is 20.3 Å². The first-order chi connectivity index (χ1) is 8.78. The van der Waals surface area contributed by atoms with Gasteiger partial charge < -0.3 is 19.7 Å². The quantitative estimate of drug-likeness (QED) is 0.858. The van der Waals surface area contributed by atoms with Gasteiger partial charge in [0.15, 0.2) is 5.82 Å². The summed E-state index contributed by atoms with van der Waals surface area (Å²) in [6.45, 7) is 0.485. The van der Waals surface area contributed by atoms with Crippen molar-refractivity contribution in [2.75, 3.05) is 20.8 Å². The zero-order valence-corrected chi connectivity index (χ0v) is 10.3. The molecule has 2 rings (SSSR count). The molecule has 0 aliphatic carbocycles. The summed E-state index contributed by atoms with van der Waals surface area (Å²) >= 11 is 0. The molecule has 0 radical (unpaired) electrons. The van der Waals surface area contributed by atoms with Crippen LogP contribution in [0.15, 0.2) is 22.7 Å². The van der Waals surface area contributed by atoms with E-state index in [9.17, 15) is 0 Å². The summed E-state index contributed by atoms with van der Waals surface area (Å²) < 4.78 is 15.6. The maximum absolute atomic E-state index is 5.44. The third-order valence-electron chi connectivity index (χ3n) is 2.48. The van der Waals surface area contributed by atoms with Gasteiger partial charge in [0.2, 0.25) is 0 Å². The number of aromatic nitrogens is 2. The highest BCUT2D eigenvalue weighted by atomic mass is 16.5. The molecule has 0 aliphatic heterocycles. The van der Waals surface area contributed by atoms with Crippen LogP contribution < -0.4 is 15.2 Å². The molecule has 6 nitrogen and oxygen atoms in total. The van der Waals surface area contributed by atoms with E-state index in [1.165, 1.54) is 0 Å². The fourth-order valence-corrected chi connectivity index (χ4v) is 1.57. The molecule has 0 aliphatic rings. The minimum absolute atomic E-state index is 0.415. The number of hydrogen-bond donors (Lipinski definition) is 1. The van der Waals surface area contributed by atoms with E-state index in [0.717, 1.165) is 5.56 Å². The summed E-state index contributed by atoms with van der Waals surface area (Å²) in [5.41, 5.74) is 6.17. The largest absolute Gasteiger partial charge is 0.497 e. The second kappa shape index (κ2) is 5.50. The van der Waals surface area contributed by atoms with Crippen LogP contribution in [0.4, 0.5) is 0 Å². The number of benzene rings is 1. The third-order valence-corrected chi connectivity index (χ3v) is 2.48. The maximum atomic E-state index is 5.44. The van der Waals surface area contributed by atoms with Gasteiger partial charge in [-0.3, -0.25) is 0 Å². The summed E-state index contributed by atoms with van der Waals surface area (Å²) in [6, 6.07) is 5.39. The molecule has 96 valence electrons. The molecule has 0 unspecified atom stereocenters. The van der Waals surface area contributed by atoms with Crippen molar-refractivity contribution in [1.29, 1.82) is 0 Å². The van der Waals surface area contributed by atoms with Gasteiger partial charge >= 0.3 is 0 Å². The molecular formula is C12H15N3O3. The van der Waals surface area contributed by atoms with Gasteiger partial charge in [-0.1, -0.05) is 5.16 Å². The van der Waals surface area contributed by atoms with Crippen molar-refractivity contribution >= 4 is 0 Å². The highest BCUT2D eigenvalue weighted by Crippen LogP contribution is 2.32. The van der Waals surface area contributed by atoms with Gasteiger partial charge in [-0.25, -0.2) is 0 Å². The summed E-state index contributed by atoms with van der Waals surface area (Å²) in [7, 11) is 3.18. The molecule has 1 heterocycles. The molecule has 1 aromatic heterocycles. The van der Waals surface area contributed by atoms with Crippen LogP contribution in [0.25, 0.3) is 11.5 Å². The minimum Gasteiger partial charge on any atom is -0.497 e. The first-order valence-corrected chi connectivity index (χ1v) is 5.53. The van der Waals surface area contributed by atoms with Gasteiger partial charge in [0.1, 0.15) is 11.5 Å². The minimum atomic E-state index is 0.415. The van der Waals surface area contributed by atoms with E-state index in [0.29, 0.717) is 36.2 Å². The summed E-state index contributed by atoms with van der Waals surface area (Å²) in [6.07, 6.45) is 0.585. The Bertz CT molecular complexity index is 525. The van der Waals surface area contributed by atoms with Crippen LogP contribution in [0.1, 0.15) is 5.82 Å². The number of nitrogens with two attached hydrogens (primary N) is 1. The third kappa shape index (κ3) is 2.43. The summed E-state index contributed by atoms with van der Waals surface area (Å²) in [4.78, 5) is 4.26. The molecule has 0 atom stereocenters. The summed E-state index contributed by atoms with van der Waals surface area (Å²) in [5, 5.41) is 3.85. The fraction of sp³-hybridized carbons (Fsp3) is 0.333. The SMILES string of the molecule is COc1ccc(-c2nc(CCN)no2)c(OC)c1. The molecular weight excluding hydrogens is 234 g/mol. The fourth-order valence-electron chi connectivity index (χ4n) is 1.57. The molecule has 18 heavy (non-hydrogen) atoms. The molecule has 0 spiro atoms. The van der Waals surface area contributed by atoms with Gasteiger partial charge in [0.05, 0.1) is 19.8 Å². The van der Waals surface area contributed by atoms with Gasteiger partial charge in [-0.2, -0.15) is 4.98 Å². The van der Waals surface area contributed by atoms with Gasteiger partial charge in [0, 0.05) is 12.5 Å². The number of hydrogen-bond acceptors (Lipinski definition) is 6. The Morgan fingerprint density at radius 2 is 2.11 bits per heavy atom. The lowest BCUT2D eigenvalue weighted by Crippen LogP contribution is -2.03. The average Bonchev–Trinajstić information content (AvgIpc) is 2.87. The molecule has 0 amide bonds. The van der Waals surface area contributed by atoms with Crippen molar-refractivity contribution in [3.63, 3.8) is 0 Å². The predicted octanol–water partition coefficient (Wildman–Crippen LogP) is 1.25. The Labute approximate surface area is 105 Å². The molecule has 1 aromatic carbocycles. The van der Waals surface area contributed by atoms with Crippen LogP contribution in [0.3, 0.4) is 0 Å². The van der Waals surface area contributed by atoms with E-state index < -0.39 is 0 Å². The van der Waals surface area contributed by atoms with Crippen LogP contribution in [-0.4, -0.2) is 30.9 Å². The van der Waals surface area contributed by atoms with Crippen molar-refractivity contribution < 1.29 is 14.0 Å². The van der Waals surface area contributed by atoms with Crippen LogP contribution in [0.2, 0.25) is 0 Å². The first kappa shape index (κ1) is 12.4. The van der Waals surface area contributed by atoms with Crippen molar-refractivity contribution in [2.45, 2.75) is 6.42 Å². The number of rotatable bonds is 5. The number of ether oxygens (including phenoxy) is 2. The highest BCUT2D eigenvalue weighted by molar-refractivity contribution is 5.64. The monoisotopic (exact) mass is 249 g/mol. The van der Waals surface area contributed by atoms with Gasteiger partial charge in [-0.15, -0.1) is 0 Å². The van der Waals surface area contributed by atoms with E-state index in [1.807, 2.05) is 12.1 Å². The molecule has 2 aromatic rings. The van der Waals surface area contributed by atoms with E-state index >= 15 is 0 Å². The van der Waals surface area contributed by atoms with Crippen LogP contribution in [-0.2, 0) is 6.42 Å².